The summed E-state index contributed by atoms with van der Waals surface area (Å²) in [5.41, 5.74) is 0. The van der Waals surface area contributed by atoms with Crippen LogP contribution in [0.3, 0.4) is 0 Å². The molecule has 2 rings (SSSR count). The molecule has 74 valence electrons. The first-order valence-corrected chi connectivity index (χ1v) is 6.04. The Morgan fingerprint density at radius 1 is 1.54 bits per heavy atom. The van der Waals surface area contributed by atoms with Crippen molar-refractivity contribution in [3.63, 3.8) is 0 Å². The van der Waals surface area contributed by atoms with Gasteiger partial charge < -0.3 is 4.90 Å². The van der Waals surface area contributed by atoms with Gasteiger partial charge in [0.05, 0.1) is 4.83 Å². The number of rotatable bonds is 3. The molecule has 0 radical (unpaired) electrons. The molecule has 1 saturated carbocycles. The van der Waals surface area contributed by atoms with Crippen molar-refractivity contribution >= 4 is 21.8 Å². The number of carbonyl (C=O) groups is 1. The van der Waals surface area contributed by atoms with Gasteiger partial charge in [0, 0.05) is 12.6 Å². The Kier molecular flexibility index (Phi) is 2.63. The fourth-order valence-corrected chi connectivity index (χ4v) is 2.53. The summed E-state index contributed by atoms with van der Waals surface area (Å²) < 4.78 is 0. The molecule has 1 heterocycles. The lowest BCUT2D eigenvalue weighted by molar-refractivity contribution is -0.129. The number of nitrogens with zero attached hydrogens (tertiary/aromatic N) is 1. The molecule has 1 aliphatic carbocycles. The number of carbonyl (C=O) groups excluding carboxylic acids is 1. The lowest BCUT2D eigenvalue weighted by Crippen LogP contribution is -2.36. The van der Waals surface area contributed by atoms with Crippen molar-refractivity contribution in [2.45, 2.75) is 43.5 Å². The summed E-state index contributed by atoms with van der Waals surface area (Å²) in [6.45, 7) is 3.13. The molecular weight excluding hydrogens is 230 g/mol. The van der Waals surface area contributed by atoms with Crippen LogP contribution in [-0.4, -0.2) is 28.2 Å². The van der Waals surface area contributed by atoms with E-state index < -0.39 is 0 Å². The van der Waals surface area contributed by atoms with Crippen molar-refractivity contribution < 1.29 is 4.79 Å². The third-order valence-corrected chi connectivity index (χ3v) is 3.93. The highest BCUT2D eigenvalue weighted by molar-refractivity contribution is 9.10. The second-order valence-electron chi connectivity index (χ2n) is 4.32. The first kappa shape index (κ1) is 9.50. The van der Waals surface area contributed by atoms with Crippen LogP contribution in [0.1, 0.15) is 32.6 Å². The number of halogens is 1. The van der Waals surface area contributed by atoms with Gasteiger partial charge in [-0.1, -0.05) is 28.8 Å². The van der Waals surface area contributed by atoms with Gasteiger partial charge in [-0.3, -0.25) is 4.79 Å². The maximum absolute atomic E-state index is 11.6. The van der Waals surface area contributed by atoms with Gasteiger partial charge in [0.1, 0.15) is 0 Å². The first-order valence-electron chi connectivity index (χ1n) is 5.13. The standard InChI is InChI=1S/C10H16BrNO/c1-7(6-8-2-3-8)12-5-4-9(11)10(12)13/h7-9H,2-6H2,1H3. The van der Waals surface area contributed by atoms with Gasteiger partial charge in [0.15, 0.2) is 0 Å². The van der Waals surface area contributed by atoms with Crippen LogP contribution in [0.15, 0.2) is 0 Å². The van der Waals surface area contributed by atoms with E-state index in [0.29, 0.717) is 11.9 Å². The highest BCUT2D eigenvalue weighted by Crippen LogP contribution is 2.35. The van der Waals surface area contributed by atoms with Gasteiger partial charge in [0.2, 0.25) is 5.91 Å². The molecule has 0 spiro atoms. The van der Waals surface area contributed by atoms with Gasteiger partial charge in [-0.15, -0.1) is 0 Å². The molecule has 1 aliphatic heterocycles. The van der Waals surface area contributed by atoms with Crippen molar-refractivity contribution in [2.75, 3.05) is 6.54 Å². The molecule has 3 heteroatoms. The largest absolute Gasteiger partial charge is 0.339 e. The van der Waals surface area contributed by atoms with Gasteiger partial charge in [-0.2, -0.15) is 0 Å². The number of alkyl halides is 1. The third-order valence-electron chi connectivity index (χ3n) is 3.08. The molecule has 2 unspecified atom stereocenters. The van der Waals surface area contributed by atoms with E-state index in [2.05, 4.69) is 22.9 Å². The second kappa shape index (κ2) is 3.60. The summed E-state index contributed by atoms with van der Waals surface area (Å²) in [7, 11) is 0. The van der Waals surface area contributed by atoms with Gasteiger partial charge in [0.25, 0.3) is 0 Å². The molecule has 2 aliphatic rings. The molecule has 2 atom stereocenters. The zero-order valence-electron chi connectivity index (χ0n) is 8.00. The molecular formula is C10H16BrNO. The average molecular weight is 246 g/mol. The quantitative estimate of drug-likeness (QED) is 0.699. The molecule has 2 nitrogen and oxygen atoms in total. The number of hydrogen-bond acceptors (Lipinski definition) is 1. The molecule has 1 amide bonds. The Balaban J connectivity index is 1.88. The molecule has 0 aromatic heterocycles. The van der Waals surface area contributed by atoms with E-state index in [0.717, 1.165) is 18.9 Å². The van der Waals surface area contributed by atoms with Crippen LogP contribution in [0.25, 0.3) is 0 Å². The van der Waals surface area contributed by atoms with Crippen LogP contribution < -0.4 is 0 Å². The summed E-state index contributed by atoms with van der Waals surface area (Å²) in [4.78, 5) is 13.8. The maximum Gasteiger partial charge on any atom is 0.236 e. The highest BCUT2D eigenvalue weighted by atomic mass is 79.9. The smallest absolute Gasteiger partial charge is 0.236 e. The number of amides is 1. The lowest BCUT2D eigenvalue weighted by Gasteiger charge is -2.24. The summed E-state index contributed by atoms with van der Waals surface area (Å²) in [6.07, 6.45) is 4.95. The molecule has 0 aromatic carbocycles. The Bertz CT molecular complexity index is 215. The Labute approximate surface area is 87.8 Å². The lowest BCUT2D eigenvalue weighted by atomic mass is 10.1. The maximum atomic E-state index is 11.6. The van der Waals surface area contributed by atoms with Crippen LogP contribution in [0.5, 0.6) is 0 Å². The minimum absolute atomic E-state index is 0.0918. The van der Waals surface area contributed by atoms with Gasteiger partial charge in [-0.05, 0) is 25.7 Å². The fourth-order valence-electron chi connectivity index (χ4n) is 2.07. The average Bonchev–Trinajstić information content (AvgIpc) is 2.82. The summed E-state index contributed by atoms with van der Waals surface area (Å²) in [5.74, 6) is 1.21. The van der Waals surface area contributed by atoms with Crippen molar-refractivity contribution in [3.05, 3.63) is 0 Å². The van der Waals surface area contributed by atoms with Gasteiger partial charge in [-0.25, -0.2) is 0 Å². The van der Waals surface area contributed by atoms with E-state index in [1.54, 1.807) is 0 Å². The minimum Gasteiger partial charge on any atom is -0.339 e. The van der Waals surface area contributed by atoms with E-state index in [9.17, 15) is 4.79 Å². The molecule has 0 N–H and O–H groups in total. The normalized spacial score (nSPS) is 31.1. The number of likely N-dealkylation sites (tertiary alicyclic amines) is 1. The SMILES string of the molecule is CC(CC1CC1)N1CCC(Br)C1=O. The summed E-state index contributed by atoms with van der Waals surface area (Å²) in [5, 5.41) is 0. The van der Waals surface area contributed by atoms with Crippen molar-refractivity contribution in [2.24, 2.45) is 5.92 Å². The predicted molar refractivity (Wildman–Crippen MR) is 55.8 cm³/mol. The van der Waals surface area contributed by atoms with Crippen LogP contribution >= 0.6 is 15.9 Å². The van der Waals surface area contributed by atoms with Crippen LogP contribution in [0.2, 0.25) is 0 Å². The highest BCUT2D eigenvalue weighted by Gasteiger charge is 2.34. The van der Waals surface area contributed by atoms with E-state index in [1.807, 2.05) is 4.90 Å². The zero-order chi connectivity index (χ0) is 9.42. The Morgan fingerprint density at radius 2 is 2.23 bits per heavy atom. The molecule has 1 saturated heterocycles. The Hall–Kier alpha value is -0.0500. The molecule has 0 bridgehead atoms. The predicted octanol–water partition coefficient (Wildman–Crippen LogP) is 2.17. The van der Waals surface area contributed by atoms with Crippen LogP contribution in [-0.2, 0) is 4.79 Å². The molecule has 2 fully saturated rings. The second-order valence-corrected chi connectivity index (χ2v) is 5.42. The van der Waals surface area contributed by atoms with E-state index in [1.165, 1.54) is 19.3 Å². The van der Waals surface area contributed by atoms with Gasteiger partial charge >= 0.3 is 0 Å². The van der Waals surface area contributed by atoms with Crippen molar-refractivity contribution in [3.8, 4) is 0 Å². The van der Waals surface area contributed by atoms with E-state index in [4.69, 9.17) is 0 Å². The number of hydrogen-bond donors (Lipinski definition) is 0. The fraction of sp³-hybridized carbons (Fsp3) is 0.900. The van der Waals surface area contributed by atoms with Crippen LogP contribution in [0, 0.1) is 5.92 Å². The van der Waals surface area contributed by atoms with E-state index >= 15 is 0 Å². The zero-order valence-corrected chi connectivity index (χ0v) is 9.59. The topological polar surface area (TPSA) is 20.3 Å². The van der Waals surface area contributed by atoms with Crippen molar-refractivity contribution in [1.82, 2.24) is 4.90 Å². The summed E-state index contributed by atoms with van der Waals surface area (Å²) in [6, 6.07) is 0.461. The van der Waals surface area contributed by atoms with Crippen molar-refractivity contribution in [1.29, 1.82) is 0 Å². The van der Waals surface area contributed by atoms with Crippen LogP contribution in [0.4, 0.5) is 0 Å². The first-order chi connectivity index (χ1) is 6.18. The minimum atomic E-state index is 0.0918. The molecule has 0 aromatic rings. The summed E-state index contributed by atoms with van der Waals surface area (Å²) >= 11 is 3.40. The molecule has 13 heavy (non-hydrogen) atoms. The van der Waals surface area contributed by atoms with E-state index in [-0.39, 0.29) is 4.83 Å². The monoisotopic (exact) mass is 245 g/mol. The Morgan fingerprint density at radius 3 is 2.69 bits per heavy atom. The third kappa shape index (κ3) is 2.06.